The summed E-state index contributed by atoms with van der Waals surface area (Å²) in [6.45, 7) is 9.34. The van der Waals surface area contributed by atoms with Crippen molar-refractivity contribution in [2.45, 2.75) is 52.7 Å². The Labute approximate surface area is 182 Å². The first-order valence-corrected chi connectivity index (χ1v) is 10.5. The van der Waals surface area contributed by atoms with E-state index in [1.807, 2.05) is 26.0 Å². The van der Waals surface area contributed by atoms with Crippen molar-refractivity contribution in [3.8, 4) is 0 Å². The van der Waals surface area contributed by atoms with Gasteiger partial charge in [0, 0.05) is 18.1 Å². The maximum absolute atomic E-state index is 13.1. The van der Waals surface area contributed by atoms with Crippen molar-refractivity contribution >= 4 is 29.6 Å². The highest BCUT2D eigenvalue weighted by molar-refractivity contribution is 6.30. The van der Waals surface area contributed by atoms with Crippen molar-refractivity contribution in [2.24, 2.45) is 17.8 Å². The van der Waals surface area contributed by atoms with E-state index in [0.717, 1.165) is 5.56 Å². The van der Waals surface area contributed by atoms with Crippen LogP contribution in [-0.2, 0) is 20.7 Å². The molecule has 7 nitrogen and oxygen atoms in total. The van der Waals surface area contributed by atoms with Crippen LogP contribution < -0.4 is 5.32 Å². The van der Waals surface area contributed by atoms with Gasteiger partial charge in [-0.25, -0.2) is 4.79 Å². The predicted molar refractivity (Wildman–Crippen MR) is 114 cm³/mol. The summed E-state index contributed by atoms with van der Waals surface area (Å²) in [5.41, 5.74) is 0.289. The molecular weight excluding hydrogens is 408 g/mol. The van der Waals surface area contributed by atoms with Crippen LogP contribution in [0, 0.1) is 17.8 Å². The van der Waals surface area contributed by atoms with Gasteiger partial charge in [-0.2, -0.15) is 0 Å². The zero-order valence-corrected chi connectivity index (χ0v) is 18.9. The fourth-order valence-electron chi connectivity index (χ4n) is 3.61. The monoisotopic (exact) mass is 438 g/mol. The normalized spacial score (nSPS) is 20.2. The van der Waals surface area contributed by atoms with Crippen LogP contribution in [0.1, 0.15) is 40.2 Å². The highest BCUT2D eigenvalue weighted by Gasteiger charge is 2.42. The van der Waals surface area contributed by atoms with E-state index < -0.39 is 29.6 Å². The molecule has 1 saturated heterocycles. The first-order chi connectivity index (χ1) is 13.9. The van der Waals surface area contributed by atoms with Crippen molar-refractivity contribution in [2.75, 3.05) is 13.1 Å². The number of nitrogens with zero attached hydrogens (tertiary/aromatic N) is 1. The quantitative estimate of drug-likeness (QED) is 0.707. The minimum atomic E-state index is -0.925. The maximum atomic E-state index is 13.1. The molecule has 3 atom stereocenters. The summed E-state index contributed by atoms with van der Waals surface area (Å²) in [5, 5.41) is 12.9. The molecular formula is C22H31ClN2O5. The third-order valence-corrected chi connectivity index (χ3v) is 5.34. The van der Waals surface area contributed by atoms with Crippen LogP contribution in [-0.4, -0.2) is 52.7 Å². The summed E-state index contributed by atoms with van der Waals surface area (Å²) in [5.74, 6) is -2.28. The lowest BCUT2D eigenvalue weighted by atomic mass is 9.90. The average molecular weight is 439 g/mol. The lowest BCUT2D eigenvalue weighted by Crippen LogP contribution is -2.51. The minimum absolute atomic E-state index is 0.117. The number of carbonyl (C=O) groups excluding carboxylic acids is 2. The van der Waals surface area contributed by atoms with E-state index >= 15 is 0 Å². The van der Waals surface area contributed by atoms with E-state index in [9.17, 15) is 19.5 Å². The second kappa shape index (κ2) is 9.69. The van der Waals surface area contributed by atoms with Crippen LogP contribution in [0.25, 0.3) is 0 Å². The van der Waals surface area contributed by atoms with Crippen LogP contribution >= 0.6 is 11.6 Å². The number of rotatable bonds is 6. The largest absolute Gasteiger partial charge is 0.481 e. The van der Waals surface area contributed by atoms with Gasteiger partial charge in [-0.05, 0) is 56.7 Å². The second-order valence-electron chi connectivity index (χ2n) is 9.15. The van der Waals surface area contributed by atoms with Crippen LogP contribution in [0.5, 0.6) is 0 Å². The van der Waals surface area contributed by atoms with E-state index in [4.69, 9.17) is 16.3 Å². The van der Waals surface area contributed by atoms with Gasteiger partial charge in [0.15, 0.2) is 0 Å². The Morgan fingerprint density at radius 2 is 1.80 bits per heavy atom. The smallest absolute Gasteiger partial charge is 0.408 e. The molecule has 0 aliphatic carbocycles. The molecule has 0 saturated carbocycles. The molecule has 1 fully saturated rings. The number of amides is 2. The zero-order chi connectivity index (χ0) is 22.6. The number of nitrogens with one attached hydrogen (secondary N) is 1. The lowest BCUT2D eigenvalue weighted by molar-refractivity contribution is -0.142. The zero-order valence-electron chi connectivity index (χ0n) is 18.1. The van der Waals surface area contributed by atoms with Gasteiger partial charge >= 0.3 is 12.1 Å². The molecule has 0 radical (unpaired) electrons. The number of hydrogen-bond donors (Lipinski definition) is 2. The Balaban J connectivity index is 2.11. The number of ether oxygens (including phenoxy) is 1. The molecule has 1 aliphatic rings. The number of carboxylic acid groups (broad SMARTS) is 1. The van der Waals surface area contributed by atoms with E-state index in [0.29, 0.717) is 18.0 Å². The van der Waals surface area contributed by atoms with E-state index in [1.54, 1.807) is 37.8 Å². The van der Waals surface area contributed by atoms with Gasteiger partial charge in [-0.3, -0.25) is 9.59 Å². The van der Waals surface area contributed by atoms with Crippen LogP contribution in [0.4, 0.5) is 4.79 Å². The number of halogens is 1. The predicted octanol–water partition coefficient (Wildman–Crippen LogP) is 3.59. The van der Waals surface area contributed by atoms with Gasteiger partial charge < -0.3 is 20.1 Å². The topological polar surface area (TPSA) is 95.9 Å². The van der Waals surface area contributed by atoms with Crippen LogP contribution in [0.3, 0.4) is 0 Å². The van der Waals surface area contributed by atoms with Crippen LogP contribution in [0.15, 0.2) is 24.3 Å². The van der Waals surface area contributed by atoms with Gasteiger partial charge in [0.1, 0.15) is 11.6 Å². The molecule has 1 aromatic rings. The third-order valence-electron chi connectivity index (χ3n) is 5.09. The first kappa shape index (κ1) is 24.0. The fraction of sp³-hybridized carbons (Fsp3) is 0.591. The summed E-state index contributed by atoms with van der Waals surface area (Å²) in [7, 11) is 0. The molecule has 1 heterocycles. The molecule has 166 valence electrons. The summed E-state index contributed by atoms with van der Waals surface area (Å²) >= 11 is 5.93. The minimum Gasteiger partial charge on any atom is -0.481 e. The number of likely N-dealkylation sites (tertiary alicyclic amines) is 1. The standard InChI is InChI=1S/C22H31ClN2O5/c1-13(2)18(24-21(29)30-22(3,4)5)19(26)25-11-15(17(12-25)20(27)28)10-14-6-8-16(23)9-7-14/h6-9,13,15,17-18H,10-12H2,1-5H3,(H,24,29)(H,27,28)/t15-,17-,18-/m0/s1. The summed E-state index contributed by atoms with van der Waals surface area (Å²) < 4.78 is 5.27. The number of aliphatic carboxylic acids is 1. The van der Waals surface area contributed by atoms with Gasteiger partial charge in [-0.15, -0.1) is 0 Å². The molecule has 0 unspecified atom stereocenters. The Morgan fingerprint density at radius 3 is 2.30 bits per heavy atom. The van der Waals surface area contributed by atoms with Crippen molar-refractivity contribution in [1.82, 2.24) is 10.2 Å². The molecule has 8 heteroatoms. The van der Waals surface area contributed by atoms with Crippen molar-refractivity contribution < 1.29 is 24.2 Å². The van der Waals surface area contributed by atoms with Gasteiger partial charge in [0.2, 0.25) is 5.91 Å². The van der Waals surface area contributed by atoms with Gasteiger partial charge in [0.25, 0.3) is 0 Å². The van der Waals surface area contributed by atoms with Crippen molar-refractivity contribution in [3.63, 3.8) is 0 Å². The molecule has 0 spiro atoms. The molecule has 2 N–H and O–H groups in total. The van der Waals surface area contributed by atoms with Crippen molar-refractivity contribution in [1.29, 1.82) is 0 Å². The fourth-order valence-corrected chi connectivity index (χ4v) is 3.73. The molecule has 1 aliphatic heterocycles. The Morgan fingerprint density at radius 1 is 1.20 bits per heavy atom. The summed E-state index contributed by atoms with van der Waals surface area (Å²) in [4.78, 5) is 38.7. The Hall–Kier alpha value is -2.28. The summed E-state index contributed by atoms with van der Waals surface area (Å²) in [6, 6.07) is 6.48. The van der Waals surface area contributed by atoms with E-state index in [-0.39, 0.29) is 24.3 Å². The van der Waals surface area contributed by atoms with Gasteiger partial charge in [0.05, 0.1) is 5.92 Å². The second-order valence-corrected chi connectivity index (χ2v) is 9.58. The summed E-state index contributed by atoms with van der Waals surface area (Å²) in [6.07, 6.45) is -0.134. The molecule has 2 rings (SSSR count). The number of carboxylic acids is 1. The Kier molecular flexibility index (Phi) is 7.75. The van der Waals surface area contributed by atoms with E-state index in [2.05, 4.69) is 5.32 Å². The number of hydrogen-bond acceptors (Lipinski definition) is 4. The average Bonchev–Trinajstić information content (AvgIpc) is 3.03. The van der Waals surface area contributed by atoms with Crippen LogP contribution in [0.2, 0.25) is 5.02 Å². The Bertz CT molecular complexity index is 773. The highest BCUT2D eigenvalue weighted by atomic mass is 35.5. The molecule has 1 aromatic carbocycles. The molecule has 0 bridgehead atoms. The maximum Gasteiger partial charge on any atom is 0.408 e. The number of benzene rings is 1. The number of carbonyl (C=O) groups is 3. The number of alkyl carbamates (subject to hydrolysis) is 1. The lowest BCUT2D eigenvalue weighted by Gasteiger charge is -2.28. The van der Waals surface area contributed by atoms with Crippen molar-refractivity contribution in [3.05, 3.63) is 34.9 Å². The first-order valence-electron chi connectivity index (χ1n) is 10.1. The highest BCUT2D eigenvalue weighted by Crippen LogP contribution is 2.29. The van der Waals surface area contributed by atoms with E-state index in [1.165, 1.54) is 0 Å². The van der Waals surface area contributed by atoms with Gasteiger partial charge in [-0.1, -0.05) is 37.6 Å². The molecule has 30 heavy (non-hydrogen) atoms. The molecule has 0 aromatic heterocycles. The third kappa shape index (κ3) is 6.62. The molecule has 2 amide bonds. The SMILES string of the molecule is CC(C)[C@H](NC(=O)OC(C)(C)C)C(=O)N1C[C@H](Cc2ccc(Cl)cc2)[C@@H](C(=O)O)C1.